The molecule has 112 valence electrons. The molecule has 3 nitrogen and oxygen atoms in total. The summed E-state index contributed by atoms with van der Waals surface area (Å²) in [6.45, 7) is 14.7. The molecule has 1 heterocycles. The van der Waals surface area contributed by atoms with E-state index in [-0.39, 0.29) is 17.6 Å². The van der Waals surface area contributed by atoms with Gasteiger partial charge >= 0.3 is 5.97 Å². The first-order valence-corrected chi connectivity index (χ1v) is 7.66. The number of nitrogens with zero attached hydrogens (tertiary/aromatic N) is 1. The first-order chi connectivity index (χ1) is 8.69. The number of hydrogen-bond donors (Lipinski definition) is 0. The molecule has 1 saturated heterocycles. The van der Waals surface area contributed by atoms with E-state index >= 15 is 0 Å². The zero-order valence-electron chi connectivity index (χ0n) is 13.5. The summed E-state index contributed by atoms with van der Waals surface area (Å²) in [4.78, 5) is 14.5. The minimum Gasteiger partial charge on any atom is -0.459 e. The lowest BCUT2D eigenvalue weighted by atomic mass is 9.98. The molecule has 1 rings (SSSR count). The molecule has 0 aromatic carbocycles. The fraction of sp³-hybridized carbons (Fsp3) is 0.938. The van der Waals surface area contributed by atoms with Crippen molar-refractivity contribution in [2.45, 2.75) is 72.4 Å². The van der Waals surface area contributed by atoms with E-state index in [0.29, 0.717) is 5.92 Å². The van der Waals surface area contributed by atoms with E-state index in [9.17, 15) is 4.79 Å². The Kier molecular flexibility index (Phi) is 5.84. The Hall–Kier alpha value is -0.570. The number of rotatable bonds is 5. The van der Waals surface area contributed by atoms with Crippen LogP contribution in [0.1, 0.15) is 60.8 Å². The van der Waals surface area contributed by atoms with E-state index in [1.54, 1.807) is 0 Å². The molecule has 0 aromatic rings. The van der Waals surface area contributed by atoms with Crippen LogP contribution in [0.3, 0.4) is 0 Å². The number of hydrogen-bond acceptors (Lipinski definition) is 3. The number of carbonyl (C=O) groups excluding carboxylic acids is 1. The summed E-state index contributed by atoms with van der Waals surface area (Å²) in [7, 11) is 0. The Morgan fingerprint density at radius 3 is 2.47 bits per heavy atom. The molecule has 1 unspecified atom stereocenters. The number of likely N-dealkylation sites (tertiary alicyclic amines) is 1. The van der Waals surface area contributed by atoms with Gasteiger partial charge in [0.05, 0.1) is 0 Å². The lowest BCUT2D eigenvalue weighted by Crippen LogP contribution is -2.42. The Morgan fingerprint density at radius 1 is 1.32 bits per heavy atom. The zero-order chi connectivity index (χ0) is 14.6. The molecule has 0 bridgehead atoms. The fourth-order valence-corrected chi connectivity index (χ4v) is 2.96. The maximum absolute atomic E-state index is 12.2. The molecule has 1 aliphatic heterocycles. The van der Waals surface area contributed by atoms with Crippen molar-refractivity contribution in [1.82, 2.24) is 4.90 Å². The molecule has 0 spiro atoms. The SMILES string of the molecule is CC(C)CC(C)CN1CCC[C@@H]1C(=O)OC(C)(C)C. The number of esters is 1. The minimum atomic E-state index is -0.380. The van der Waals surface area contributed by atoms with Gasteiger partial charge in [-0.05, 0) is 58.4 Å². The normalized spacial score (nSPS) is 22.8. The Labute approximate surface area is 118 Å². The van der Waals surface area contributed by atoms with E-state index in [4.69, 9.17) is 4.74 Å². The molecule has 3 heteroatoms. The molecular formula is C16H31NO2. The van der Waals surface area contributed by atoms with Gasteiger partial charge in [-0.25, -0.2) is 0 Å². The first-order valence-electron chi connectivity index (χ1n) is 7.66. The molecule has 1 fully saturated rings. The molecular weight excluding hydrogens is 238 g/mol. The van der Waals surface area contributed by atoms with Crippen LogP contribution in [0.2, 0.25) is 0 Å². The maximum atomic E-state index is 12.2. The van der Waals surface area contributed by atoms with Gasteiger partial charge in [0.15, 0.2) is 0 Å². The smallest absolute Gasteiger partial charge is 0.323 e. The van der Waals surface area contributed by atoms with Gasteiger partial charge in [0, 0.05) is 6.54 Å². The molecule has 1 aliphatic rings. The Morgan fingerprint density at radius 2 is 1.95 bits per heavy atom. The van der Waals surface area contributed by atoms with Crippen molar-refractivity contribution in [3.8, 4) is 0 Å². The summed E-state index contributed by atoms with van der Waals surface area (Å²) >= 11 is 0. The molecule has 0 radical (unpaired) electrons. The third-order valence-electron chi connectivity index (χ3n) is 3.46. The van der Waals surface area contributed by atoms with Crippen LogP contribution in [0, 0.1) is 11.8 Å². The topological polar surface area (TPSA) is 29.5 Å². The van der Waals surface area contributed by atoms with Crippen molar-refractivity contribution in [2.24, 2.45) is 11.8 Å². The van der Waals surface area contributed by atoms with E-state index in [1.807, 2.05) is 20.8 Å². The van der Waals surface area contributed by atoms with Gasteiger partial charge in [0.2, 0.25) is 0 Å². The lowest BCUT2D eigenvalue weighted by molar-refractivity contribution is -0.160. The van der Waals surface area contributed by atoms with E-state index in [2.05, 4.69) is 25.7 Å². The second kappa shape index (κ2) is 6.74. The van der Waals surface area contributed by atoms with Gasteiger partial charge in [0.25, 0.3) is 0 Å². The van der Waals surface area contributed by atoms with E-state index < -0.39 is 0 Å². The van der Waals surface area contributed by atoms with Crippen LogP contribution in [0.4, 0.5) is 0 Å². The second-order valence-electron chi connectivity index (χ2n) is 7.42. The monoisotopic (exact) mass is 269 g/mol. The van der Waals surface area contributed by atoms with Crippen LogP contribution in [-0.2, 0) is 9.53 Å². The summed E-state index contributed by atoms with van der Waals surface area (Å²) in [5.74, 6) is 1.32. The molecule has 0 N–H and O–H groups in total. The highest BCUT2D eigenvalue weighted by Crippen LogP contribution is 2.23. The Balaban J connectivity index is 2.52. The van der Waals surface area contributed by atoms with E-state index in [0.717, 1.165) is 31.8 Å². The summed E-state index contributed by atoms with van der Waals surface area (Å²) < 4.78 is 5.53. The van der Waals surface area contributed by atoms with Crippen molar-refractivity contribution >= 4 is 5.97 Å². The maximum Gasteiger partial charge on any atom is 0.323 e. The summed E-state index contributed by atoms with van der Waals surface area (Å²) in [5.41, 5.74) is -0.380. The number of ether oxygens (including phenoxy) is 1. The first kappa shape index (κ1) is 16.5. The molecule has 0 saturated carbocycles. The van der Waals surface area contributed by atoms with Gasteiger partial charge in [-0.15, -0.1) is 0 Å². The summed E-state index contributed by atoms with van der Waals surface area (Å²) in [5, 5.41) is 0. The van der Waals surface area contributed by atoms with Crippen LogP contribution in [-0.4, -0.2) is 35.6 Å². The highest BCUT2D eigenvalue weighted by molar-refractivity contribution is 5.76. The van der Waals surface area contributed by atoms with E-state index in [1.165, 1.54) is 6.42 Å². The van der Waals surface area contributed by atoms with Crippen LogP contribution in [0.5, 0.6) is 0 Å². The number of carbonyl (C=O) groups is 1. The van der Waals surface area contributed by atoms with Crippen LogP contribution in [0.25, 0.3) is 0 Å². The largest absolute Gasteiger partial charge is 0.459 e. The molecule has 0 aliphatic carbocycles. The van der Waals surface area contributed by atoms with Crippen molar-refractivity contribution in [2.75, 3.05) is 13.1 Å². The van der Waals surface area contributed by atoms with Crippen LogP contribution in [0.15, 0.2) is 0 Å². The molecule has 2 atom stereocenters. The average Bonchev–Trinajstić information content (AvgIpc) is 2.61. The highest BCUT2D eigenvalue weighted by Gasteiger charge is 2.34. The third-order valence-corrected chi connectivity index (χ3v) is 3.46. The third kappa shape index (κ3) is 5.94. The predicted molar refractivity (Wildman–Crippen MR) is 79.1 cm³/mol. The summed E-state index contributed by atoms with van der Waals surface area (Å²) in [6.07, 6.45) is 3.28. The molecule has 0 amide bonds. The van der Waals surface area contributed by atoms with Crippen LogP contribution < -0.4 is 0 Å². The lowest BCUT2D eigenvalue weighted by Gasteiger charge is -2.29. The predicted octanol–water partition coefficient (Wildman–Crippen LogP) is 3.47. The standard InChI is InChI=1S/C16H31NO2/c1-12(2)10-13(3)11-17-9-7-8-14(17)15(18)19-16(4,5)6/h12-14H,7-11H2,1-6H3/t13?,14-/m1/s1. The highest BCUT2D eigenvalue weighted by atomic mass is 16.6. The Bertz CT molecular complexity index is 294. The van der Waals surface area contributed by atoms with Gasteiger partial charge in [-0.1, -0.05) is 20.8 Å². The molecule has 19 heavy (non-hydrogen) atoms. The summed E-state index contributed by atoms with van der Waals surface area (Å²) in [6, 6.07) is -0.0196. The minimum absolute atomic E-state index is 0.0196. The van der Waals surface area contributed by atoms with Crippen LogP contribution >= 0.6 is 0 Å². The average molecular weight is 269 g/mol. The van der Waals surface area contributed by atoms with Crippen molar-refractivity contribution < 1.29 is 9.53 Å². The van der Waals surface area contributed by atoms with Gasteiger partial charge in [0.1, 0.15) is 11.6 Å². The van der Waals surface area contributed by atoms with Crippen molar-refractivity contribution in [1.29, 1.82) is 0 Å². The quantitative estimate of drug-likeness (QED) is 0.716. The molecule has 0 aromatic heterocycles. The second-order valence-corrected chi connectivity index (χ2v) is 7.42. The van der Waals surface area contributed by atoms with Gasteiger partial charge < -0.3 is 4.74 Å². The zero-order valence-corrected chi connectivity index (χ0v) is 13.5. The fourth-order valence-electron chi connectivity index (χ4n) is 2.96. The van der Waals surface area contributed by atoms with Crippen molar-refractivity contribution in [3.63, 3.8) is 0 Å². The van der Waals surface area contributed by atoms with Gasteiger partial charge in [-0.2, -0.15) is 0 Å². The van der Waals surface area contributed by atoms with Crippen molar-refractivity contribution in [3.05, 3.63) is 0 Å². The van der Waals surface area contributed by atoms with Gasteiger partial charge in [-0.3, -0.25) is 9.69 Å².